The van der Waals surface area contributed by atoms with Crippen LogP contribution in [0.25, 0.3) is 11.3 Å². The second kappa shape index (κ2) is 9.25. The van der Waals surface area contributed by atoms with Crippen LogP contribution in [0, 0.1) is 0 Å². The van der Waals surface area contributed by atoms with Crippen LogP contribution in [0.3, 0.4) is 0 Å². The number of hydrogen-bond donors (Lipinski definition) is 1. The quantitative estimate of drug-likeness (QED) is 0.593. The Hall–Kier alpha value is -2.62. The third kappa shape index (κ3) is 4.84. The number of amides is 1. The molecule has 1 amide bonds. The maximum absolute atomic E-state index is 13.1. The minimum absolute atomic E-state index is 0.0115. The normalized spacial score (nSPS) is 15.2. The molecule has 0 aliphatic heterocycles. The number of carbonyl (C=O) groups excluding carboxylic acids is 1. The molecule has 4 rings (SSSR count). The maximum atomic E-state index is 13.1. The topological polar surface area (TPSA) is 92.3 Å². The van der Waals surface area contributed by atoms with E-state index in [1.807, 2.05) is 17.5 Å². The molecule has 0 spiro atoms. The van der Waals surface area contributed by atoms with Crippen LogP contribution in [0.4, 0.5) is 5.13 Å². The number of thiazole rings is 1. The van der Waals surface area contributed by atoms with Crippen molar-refractivity contribution in [2.24, 2.45) is 0 Å². The van der Waals surface area contributed by atoms with Gasteiger partial charge in [-0.2, -0.15) is 4.31 Å². The standard InChI is InChI=1S/C22H24N4O3S2/c1-26(18-9-3-2-4-10-18)31(28,29)19-11-5-7-16(13-19)21(27)25-22-24-20(15-30-22)17-8-6-12-23-14-17/h5-8,11-15,18H,2-4,9-10H2,1H3,(H,24,25,27). The highest BCUT2D eigenvalue weighted by molar-refractivity contribution is 7.89. The lowest BCUT2D eigenvalue weighted by molar-refractivity contribution is 0.102. The van der Waals surface area contributed by atoms with Crippen LogP contribution in [-0.4, -0.2) is 41.7 Å². The summed E-state index contributed by atoms with van der Waals surface area (Å²) in [6.07, 6.45) is 8.38. The third-order valence-corrected chi connectivity index (χ3v) is 8.21. The summed E-state index contributed by atoms with van der Waals surface area (Å²) in [6, 6.07) is 9.89. The molecule has 2 aromatic heterocycles. The summed E-state index contributed by atoms with van der Waals surface area (Å²) in [5, 5.41) is 5.04. The van der Waals surface area contributed by atoms with Gasteiger partial charge in [-0.3, -0.25) is 15.1 Å². The highest BCUT2D eigenvalue weighted by atomic mass is 32.2. The molecule has 1 aliphatic carbocycles. The van der Waals surface area contributed by atoms with E-state index in [1.165, 1.54) is 27.8 Å². The van der Waals surface area contributed by atoms with Crippen molar-refractivity contribution in [2.45, 2.75) is 43.0 Å². The summed E-state index contributed by atoms with van der Waals surface area (Å²) in [5.74, 6) is -0.399. The van der Waals surface area contributed by atoms with Gasteiger partial charge in [-0.15, -0.1) is 11.3 Å². The zero-order chi connectivity index (χ0) is 21.8. The molecule has 162 valence electrons. The number of rotatable bonds is 6. The van der Waals surface area contributed by atoms with E-state index < -0.39 is 15.9 Å². The predicted molar refractivity (Wildman–Crippen MR) is 122 cm³/mol. The Balaban J connectivity index is 1.50. The van der Waals surface area contributed by atoms with Crippen molar-refractivity contribution in [1.82, 2.24) is 14.3 Å². The van der Waals surface area contributed by atoms with Crippen LogP contribution in [0.1, 0.15) is 42.5 Å². The van der Waals surface area contributed by atoms with Gasteiger partial charge in [0.1, 0.15) is 0 Å². The Morgan fingerprint density at radius 1 is 1.16 bits per heavy atom. The Labute approximate surface area is 186 Å². The van der Waals surface area contributed by atoms with Gasteiger partial charge in [-0.25, -0.2) is 13.4 Å². The molecule has 1 N–H and O–H groups in total. The number of sulfonamides is 1. The number of nitrogens with one attached hydrogen (secondary N) is 1. The molecule has 0 atom stereocenters. The van der Waals surface area contributed by atoms with Crippen molar-refractivity contribution < 1.29 is 13.2 Å². The molecule has 1 saturated carbocycles. The molecule has 1 aliphatic rings. The van der Waals surface area contributed by atoms with E-state index in [4.69, 9.17) is 0 Å². The second-order valence-electron chi connectivity index (χ2n) is 7.57. The number of anilines is 1. The Morgan fingerprint density at radius 3 is 2.71 bits per heavy atom. The molecule has 7 nitrogen and oxygen atoms in total. The van der Waals surface area contributed by atoms with Gasteiger partial charge in [0.25, 0.3) is 5.91 Å². The average Bonchev–Trinajstić information content (AvgIpc) is 3.28. The Morgan fingerprint density at radius 2 is 1.97 bits per heavy atom. The number of benzene rings is 1. The van der Waals surface area contributed by atoms with Crippen molar-refractivity contribution in [3.05, 3.63) is 59.7 Å². The minimum Gasteiger partial charge on any atom is -0.298 e. The van der Waals surface area contributed by atoms with Crippen molar-refractivity contribution in [2.75, 3.05) is 12.4 Å². The van der Waals surface area contributed by atoms with Crippen molar-refractivity contribution in [3.8, 4) is 11.3 Å². The molecular weight excluding hydrogens is 432 g/mol. The zero-order valence-corrected chi connectivity index (χ0v) is 18.8. The molecule has 2 heterocycles. The first-order chi connectivity index (χ1) is 14.9. The van der Waals surface area contributed by atoms with Gasteiger partial charge in [0.05, 0.1) is 10.6 Å². The number of carbonyl (C=O) groups is 1. The fourth-order valence-corrected chi connectivity index (χ4v) is 5.93. The summed E-state index contributed by atoms with van der Waals surface area (Å²) >= 11 is 1.30. The number of aromatic nitrogens is 2. The molecule has 0 unspecified atom stereocenters. The van der Waals surface area contributed by atoms with Gasteiger partial charge in [0.2, 0.25) is 10.0 Å². The van der Waals surface area contributed by atoms with E-state index in [1.54, 1.807) is 31.6 Å². The maximum Gasteiger partial charge on any atom is 0.257 e. The third-order valence-electron chi connectivity index (χ3n) is 5.54. The van der Waals surface area contributed by atoms with E-state index in [2.05, 4.69) is 15.3 Å². The van der Waals surface area contributed by atoms with Crippen LogP contribution >= 0.6 is 11.3 Å². The van der Waals surface area contributed by atoms with Crippen molar-refractivity contribution in [1.29, 1.82) is 0 Å². The van der Waals surface area contributed by atoms with Gasteiger partial charge < -0.3 is 0 Å². The first kappa shape index (κ1) is 21.6. The monoisotopic (exact) mass is 456 g/mol. The van der Waals surface area contributed by atoms with Crippen molar-refractivity contribution in [3.63, 3.8) is 0 Å². The molecule has 0 radical (unpaired) electrons. The largest absolute Gasteiger partial charge is 0.298 e. The highest BCUT2D eigenvalue weighted by Crippen LogP contribution is 2.27. The number of pyridine rings is 1. The lowest BCUT2D eigenvalue weighted by Gasteiger charge is -2.30. The fourth-order valence-electron chi connectivity index (χ4n) is 3.75. The zero-order valence-electron chi connectivity index (χ0n) is 17.2. The summed E-state index contributed by atoms with van der Waals surface area (Å²) in [6.45, 7) is 0. The lowest BCUT2D eigenvalue weighted by atomic mass is 9.96. The summed E-state index contributed by atoms with van der Waals surface area (Å²) in [7, 11) is -2.03. The fraction of sp³-hybridized carbons (Fsp3) is 0.318. The molecule has 0 saturated heterocycles. The molecule has 9 heteroatoms. The summed E-state index contributed by atoms with van der Waals surface area (Å²) in [4.78, 5) is 21.4. The molecule has 3 aromatic rings. The number of hydrogen-bond acceptors (Lipinski definition) is 6. The van der Waals surface area contributed by atoms with Gasteiger partial charge in [-0.1, -0.05) is 25.3 Å². The number of nitrogens with zero attached hydrogens (tertiary/aromatic N) is 3. The van der Waals surface area contributed by atoms with E-state index in [0.717, 1.165) is 43.4 Å². The van der Waals surface area contributed by atoms with E-state index in [0.29, 0.717) is 5.13 Å². The Kier molecular flexibility index (Phi) is 6.45. The van der Waals surface area contributed by atoms with Crippen LogP contribution < -0.4 is 5.32 Å². The van der Waals surface area contributed by atoms with Gasteiger partial charge >= 0.3 is 0 Å². The first-order valence-corrected chi connectivity index (χ1v) is 12.5. The van der Waals surface area contributed by atoms with Gasteiger partial charge in [0.15, 0.2) is 5.13 Å². The van der Waals surface area contributed by atoms with Crippen LogP contribution in [0.15, 0.2) is 59.1 Å². The van der Waals surface area contributed by atoms with E-state index >= 15 is 0 Å². The molecule has 0 bridgehead atoms. The SMILES string of the molecule is CN(C1CCCCC1)S(=O)(=O)c1cccc(C(=O)Nc2nc(-c3cccnc3)cs2)c1. The first-order valence-electron chi connectivity index (χ1n) is 10.2. The van der Waals surface area contributed by atoms with Gasteiger partial charge in [-0.05, 0) is 43.2 Å². The van der Waals surface area contributed by atoms with Crippen LogP contribution in [0.2, 0.25) is 0 Å². The predicted octanol–water partition coefficient (Wildman–Crippen LogP) is 4.41. The molecular formula is C22H24N4O3S2. The Bertz CT molecular complexity index is 1160. The molecule has 1 aromatic carbocycles. The summed E-state index contributed by atoms with van der Waals surface area (Å²) < 4.78 is 27.7. The van der Waals surface area contributed by atoms with Crippen molar-refractivity contribution >= 4 is 32.4 Å². The van der Waals surface area contributed by atoms with Crippen LogP contribution in [0.5, 0.6) is 0 Å². The average molecular weight is 457 g/mol. The van der Waals surface area contributed by atoms with Gasteiger partial charge in [0, 0.05) is 42.0 Å². The van der Waals surface area contributed by atoms with E-state index in [-0.39, 0.29) is 16.5 Å². The van der Waals surface area contributed by atoms with E-state index in [9.17, 15) is 13.2 Å². The lowest BCUT2D eigenvalue weighted by Crippen LogP contribution is -2.38. The molecule has 31 heavy (non-hydrogen) atoms. The smallest absolute Gasteiger partial charge is 0.257 e. The second-order valence-corrected chi connectivity index (χ2v) is 10.4. The van der Waals surface area contributed by atoms with Crippen LogP contribution in [-0.2, 0) is 10.0 Å². The molecule has 1 fully saturated rings. The minimum atomic E-state index is -3.67. The highest BCUT2D eigenvalue weighted by Gasteiger charge is 2.29. The summed E-state index contributed by atoms with van der Waals surface area (Å²) in [5.41, 5.74) is 1.85.